The second-order valence-corrected chi connectivity index (χ2v) is 5.90. The second-order valence-electron chi connectivity index (χ2n) is 5.47. The van der Waals surface area contributed by atoms with Gasteiger partial charge in [-0.2, -0.15) is 0 Å². The highest BCUT2D eigenvalue weighted by Gasteiger charge is 2.12. The maximum atomic E-state index is 12.4. The van der Waals surface area contributed by atoms with E-state index >= 15 is 0 Å². The molecule has 0 spiro atoms. The van der Waals surface area contributed by atoms with Gasteiger partial charge in [0.05, 0.1) is 17.1 Å². The lowest BCUT2D eigenvalue weighted by Gasteiger charge is -2.10. The molecule has 2 N–H and O–H groups in total. The Balaban J connectivity index is 1.78. The number of carbonyl (C=O) groups excluding carboxylic acids is 1. The van der Waals surface area contributed by atoms with Crippen molar-refractivity contribution in [2.24, 2.45) is 0 Å². The molecule has 1 amide bonds. The van der Waals surface area contributed by atoms with Gasteiger partial charge >= 0.3 is 0 Å². The average molecular weight is 368 g/mol. The third-order valence-electron chi connectivity index (χ3n) is 3.55. The van der Waals surface area contributed by atoms with Crippen molar-refractivity contribution in [3.63, 3.8) is 0 Å². The summed E-state index contributed by atoms with van der Waals surface area (Å²) in [5.41, 5.74) is 1.24. The quantitative estimate of drug-likeness (QED) is 0.544. The maximum Gasteiger partial charge on any atom is 0.258 e. The molecule has 7 nitrogen and oxygen atoms in total. The van der Waals surface area contributed by atoms with Crippen LogP contribution in [0.4, 0.5) is 0 Å². The number of aromatic nitrogens is 3. The van der Waals surface area contributed by atoms with Crippen LogP contribution < -0.4 is 10.9 Å². The van der Waals surface area contributed by atoms with E-state index in [1.165, 1.54) is 41.4 Å². The molecule has 0 aliphatic heterocycles. The van der Waals surface area contributed by atoms with Crippen LogP contribution in [-0.4, -0.2) is 26.3 Å². The fraction of sp³-hybridized carbons (Fsp3) is 0.0556. The summed E-state index contributed by atoms with van der Waals surface area (Å²) in [4.78, 5) is 32.3. The highest BCUT2D eigenvalue weighted by atomic mass is 35.5. The van der Waals surface area contributed by atoms with E-state index in [4.69, 9.17) is 17.0 Å². The van der Waals surface area contributed by atoms with Crippen molar-refractivity contribution in [2.45, 2.75) is 6.54 Å². The van der Waals surface area contributed by atoms with Crippen LogP contribution in [0.1, 0.15) is 21.5 Å². The lowest BCUT2D eigenvalue weighted by Crippen LogP contribution is -2.32. The zero-order valence-corrected chi connectivity index (χ0v) is 14.3. The number of hydrogen-bond acceptors (Lipinski definition) is 5. The van der Waals surface area contributed by atoms with Crippen LogP contribution in [0.15, 0.2) is 66.1 Å². The average Bonchev–Trinajstić information content (AvgIpc) is 2.64. The van der Waals surface area contributed by atoms with Crippen LogP contribution >= 0.6 is 11.6 Å². The molecule has 0 unspecified atom stereocenters. The molecule has 0 saturated carbocycles. The van der Waals surface area contributed by atoms with Gasteiger partial charge in [0, 0.05) is 42.6 Å². The Morgan fingerprint density at radius 2 is 2.00 bits per heavy atom. The number of nitrogens with zero attached hydrogens (tertiary/aromatic N) is 3. The van der Waals surface area contributed by atoms with Crippen molar-refractivity contribution < 1.29 is 4.79 Å². The third kappa shape index (κ3) is 4.20. The first-order valence-corrected chi connectivity index (χ1v) is 8.01. The minimum absolute atomic E-state index is 0.130. The first-order valence-electron chi connectivity index (χ1n) is 7.63. The summed E-state index contributed by atoms with van der Waals surface area (Å²) in [5.74, 6) is -0.634. The van der Waals surface area contributed by atoms with Crippen molar-refractivity contribution in [3.05, 3.63) is 93.4 Å². The van der Waals surface area contributed by atoms with Crippen LogP contribution in [0.3, 0.4) is 0 Å². The first-order chi connectivity index (χ1) is 12.5. The smallest absolute Gasteiger partial charge is 0.258 e. The topological polar surface area (TPSA) is 101 Å². The minimum Gasteiger partial charge on any atom is -0.310 e. The molecule has 130 valence electrons. The van der Waals surface area contributed by atoms with Gasteiger partial charge in [-0.05, 0) is 23.8 Å². The zero-order valence-electron chi connectivity index (χ0n) is 13.5. The molecule has 0 atom stereocenters. The fourth-order valence-electron chi connectivity index (χ4n) is 2.28. The van der Waals surface area contributed by atoms with Gasteiger partial charge < -0.3 is 9.88 Å². The Bertz CT molecular complexity index is 1020. The van der Waals surface area contributed by atoms with E-state index in [9.17, 15) is 9.59 Å². The van der Waals surface area contributed by atoms with Gasteiger partial charge in [0.25, 0.3) is 11.5 Å². The van der Waals surface area contributed by atoms with E-state index in [2.05, 4.69) is 15.3 Å². The van der Waals surface area contributed by atoms with Crippen LogP contribution in [0.25, 0.3) is 0 Å². The Morgan fingerprint density at radius 3 is 2.73 bits per heavy atom. The first kappa shape index (κ1) is 17.5. The van der Waals surface area contributed by atoms with E-state index < -0.39 is 5.91 Å². The van der Waals surface area contributed by atoms with Crippen LogP contribution in [0, 0.1) is 5.41 Å². The summed E-state index contributed by atoms with van der Waals surface area (Å²) in [6.45, 7) is 0.295. The van der Waals surface area contributed by atoms with E-state index in [1.54, 1.807) is 18.5 Å². The summed E-state index contributed by atoms with van der Waals surface area (Å²) in [6.07, 6.45) is 7.62. The van der Waals surface area contributed by atoms with Gasteiger partial charge in [-0.15, -0.1) is 0 Å². The Morgan fingerprint density at radius 1 is 1.15 bits per heavy atom. The van der Waals surface area contributed by atoms with E-state index in [0.717, 1.165) is 5.56 Å². The van der Waals surface area contributed by atoms with Crippen molar-refractivity contribution in [3.8, 4) is 0 Å². The number of hydrogen-bond donors (Lipinski definition) is 2. The molecule has 0 aromatic carbocycles. The van der Waals surface area contributed by atoms with Crippen molar-refractivity contribution in [1.29, 1.82) is 5.41 Å². The number of pyridine rings is 3. The van der Waals surface area contributed by atoms with Crippen molar-refractivity contribution in [1.82, 2.24) is 19.9 Å². The predicted molar refractivity (Wildman–Crippen MR) is 97.6 cm³/mol. The highest BCUT2D eigenvalue weighted by Crippen LogP contribution is 2.08. The Labute approximate surface area is 153 Å². The molecular weight excluding hydrogens is 354 g/mol. The van der Waals surface area contributed by atoms with Gasteiger partial charge in [0.2, 0.25) is 0 Å². The molecule has 0 aliphatic carbocycles. The molecule has 3 aromatic rings. The van der Waals surface area contributed by atoms with E-state index in [0.29, 0.717) is 17.1 Å². The number of carbonyl (C=O) groups is 1. The highest BCUT2D eigenvalue weighted by molar-refractivity contribution is 6.30. The number of rotatable bonds is 4. The minimum atomic E-state index is -0.505. The molecule has 0 aliphatic rings. The van der Waals surface area contributed by atoms with Crippen LogP contribution in [-0.2, 0) is 6.54 Å². The van der Waals surface area contributed by atoms with Gasteiger partial charge in [-0.25, -0.2) is 0 Å². The molecule has 0 fully saturated rings. The number of halogens is 1. The van der Waals surface area contributed by atoms with E-state index in [1.807, 2.05) is 6.07 Å². The second kappa shape index (κ2) is 7.71. The molecule has 3 rings (SSSR count). The molecule has 8 heteroatoms. The maximum absolute atomic E-state index is 12.4. The summed E-state index contributed by atoms with van der Waals surface area (Å²) >= 11 is 5.84. The number of nitrogens with one attached hydrogen (secondary N) is 2. The normalized spacial score (nSPS) is 10.3. The molecule has 0 bridgehead atoms. The largest absolute Gasteiger partial charge is 0.310 e. The lowest BCUT2D eigenvalue weighted by molar-refractivity contribution is 0.0976. The summed E-state index contributed by atoms with van der Waals surface area (Å²) < 4.78 is 1.41. The fourth-order valence-corrected chi connectivity index (χ4v) is 2.46. The number of amides is 1. The summed E-state index contributed by atoms with van der Waals surface area (Å²) in [7, 11) is 0. The summed E-state index contributed by atoms with van der Waals surface area (Å²) in [6, 6.07) is 7.88. The third-order valence-corrected chi connectivity index (χ3v) is 3.76. The molecule has 3 aromatic heterocycles. The van der Waals surface area contributed by atoms with Crippen LogP contribution in [0.5, 0.6) is 0 Å². The van der Waals surface area contributed by atoms with Crippen molar-refractivity contribution in [2.75, 3.05) is 0 Å². The van der Waals surface area contributed by atoms with Gasteiger partial charge in [-0.3, -0.25) is 25.0 Å². The predicted octanol–water partition coefficient (Wildman–Crippen LogP) is 2.10. The molecular formula is C18H14ClN5O2. The summed E-state index contributed by atoms with van der Waals surface area (Å²) in [5, 5.41) is 10.8. The number of amidine groups is 1. The zero-order chi connectivity index (χ0) is 18.5. The Kier molecular flexibility index (Phi) is 5.19. The van der Waals surface area contributed by atoms with Gasteiger partial charge in [0.15, 0.2) is 0 Å². The lowest BCUT2D eigenvalue weighted by atomic mass is 10.2. The standard InChI is InChI=1S/C18H14ClN5O2/c19-15-6-14(8-22-9-15)17(20)23-18(26)13-3-4-16(25)24(11-13)10-12-2-1-5-21-7-12/h1-9,11H,10H2,(H2,20,23,26). The van der Waals surface area contributed by atoms with Gasteiger partial charge in [-0.1, -0.05) is 17.7 Å². The molecule has 3 heterocycles. The van der Waals surface area contributed by atoms with E-state index in [-0.39, 0.29) is 17.0 Å². The molecule has 26 heavy (non-hydrogen) atoms. The SMILES string of the molecule is N=C(NC(=O)c1ccc(=O)n(Cc2cccnc2)c1)c1cncc(Cl)c1. The van der Waals surface area contributed by atoms with Crippen LogP contribution in [0.2, 0.25) is 5.02 Å². The molecule has 0 radical (unpaired) electrons. The van der Waals surface area contributed by atoms with Gasteiger partial charge in [0.1, 0.15) is 5.84 Å². The Hall–Kier alpha value is -3.32. The van der Waals surface area contributed by atoms with Crippen molar-refractivity contribution >= 4 is 23.3 Å². The monoisotopic (exact) mass is 367 g/mol. The molecule has 0 saturated heterocycles.